The summed E-state index contributed by atoms with van der Waals surface area (Å²) in [5, 5.41) is 2.51. The average molecular weight is 543 g/mol. The highest BCUT2D eigenvalue weighted by atomic mass is 32.2. The van der Waals surface area contributed by atoms with E-state index in [0.717, 1.165) is 22.4 Å². The minimum atomic E-state index is -4.04. The third-order valence-corrected chi connectivity index (χ3v) is 7.50. The summed E-state index contributed by atoms with van der Waals surface area (Å²) in [6.45, 7) is 4.02. The van der Waals surface area contributed by atoms with E-state index in [0.29, 0.717) is 16.8 Å². The van der Waals surface area contributed by atoms with Crippen LogP contribution in [-0.4, -0.2) is 39.8 Å². The van der Waals surface area contributed by atoms with Crippen molar-refractivity contribution in [3.05, 3.63) is 120 Å². The molecule has 3 N–H and O–H groups in total. The molecule has 0 saturated carbocycles. The van der Waals surface area contributed by atoms with Crippen LogP contribution in [0.1, 0.15) is 17.0 Å². The Kier molecular flexibility index (Phi) is 8.82. The molecule has 0 bridgehead atoms. The van der Waals surface area contributed by atoms with Gasteiger partial charge in [0.1, 0.15) is 18.2 Å². The third-order valence-electron chi connectivity index (χ3n) is 5.89. The van der Waals surface area contributed by atoms with Crippen LogP contribution in [0.4, 0.5) is 5.82 Å². The Morgan fingerprint density at radius 3 is 2.21 bits per heavy atom. The summed E-state index contributed by atoms with van der Waals surface area (Å²) in [5.41, 5.74) is 4.15. The van der Waals surface area contributed by atoms with Crippen LogP contribution in [0.5, 0.6) is 0 Å². The number of nitrogens with zero attached hydrogens (tertiary/aromatic N) is 4. The standard InChI is InChI=1S/C22H22N6O3S.C7H8/c1-16-25-19-6-2-3-7-20(19)27(16)14-17-9-11-18(12-10-17)32(30,31)28(23)15-22(29)26-21-8-4-5-13-24-21;1-7-5-3-2-4-6-7/h2-13H,14-15,23H2,1H3,(H,24,26,29);2-6H,1H3. The molecule has 9 nitrogen and oxygen atoms in total. The molecule has 2 heterocycles. The lowest BCUT2D eigenvalue weighted by Crippen LogP contribution is -2.42. The van der Waals surface area contributed by atoms with Gasteiger partial charge in [-0.1, -0.05) is 66.2 Å². The predicted molar refractivity (Wildman–Crippen MR) is 152 cm³/mol. The number of nitrogens with two attached hydrogens (primary N) is 1. The molecule has 3 aromatic carbocycles. The maximum absolute atomic E-state index is 12.8. The van der Waals surface area contributed by atoms with Gasteiger partial charge in [0.15, 0.2) is 0 Å². The van der Waals surface area contributed by atoms with Gasteiger partial charge in [-0.15, -0.1) is 4.41 Å². The lowest BCUT2D eigenvalue weighted by molar-refractivity contribution is -0.116. The highest BCUT2D eigenvalue weighted by Gasteiger charge is 2.24. The second-order valence-corrected chi connectivity index (χ2v) is 10.7. The van der Waals surface area contributed by atoms with E-state index in [2.05, 4.69) is 38.9 Å². The van der Waals surface area contributed by atoms with Crippen molar-refractivity contribution in [3.8, 4) is 0 Å². The molecule has 5 rings (SSSR count). The van der Waals surface area contributed by atoms with Gasteiger partial charge < -0.3 is 9.88 Å². The van der Waals surface area contributed by atoms with Crippen molar-refractivity contribution < 1.29 is 13.2 Å². The molecule has 0 radical (unpaired) electrons. The first-order chi connectivity index (χ1) is 18.7. The van der Waals surface area contributed by atoms with Gasteiger partial charge in [0.25, 0.3) is 10.0 Å². The number of aromatic nitrogens is 3. The maximum atomic E-state index is 12.8. The van der Waals surface area contributed by atoms with Crippen LogP contribution in [0.2, 0.25) is 0 Å². The molecule has 0 saturated heterocycles. The largest absolute Gasteiger partial charge is 0.324 e. The van der Waals surface area contributed by atoms with Crippen molar-refractivity contribution >= 4 is 32.8 Å². The van der Waals surface area contributed by atoms with Gasteiger partial charge in [0.2, 0.25) is 5.91 Å². The predicted octanol–water partition coefficient (Wildman–Crippen LogP) is 4.29. The number of pyridine rings is 1. The second kappa shape index (κ2) is 12.4. The number of hydrogen-bond donors (Lipinski definition) is 2. The number of imidazole rings is 1. The smallest absolute Gasteiger partial charge is 0.256 e. The number of aryl methyl sites for hydroxylation is 2. The monoisotopic (exact) mass is 542 g/mol. The minimum Gasteiger partial charge on any atom is -0.324 e. The van der Waals surface area contributed by atoms with Crippen molar-refractivity contribution in [1.82, 2.24) is 18.9 Å². The van der Waals surface area contributed by atoms with Gasteiger partial charge in [0, 0.05) is 12.7 Å². The average Bonchev–Trinajstić information content (AvgIpc) is 3.25. The molecule has 0 aliphatic rings. The number of hydrogen-bond acceptors (Lipinski definition) is 6. The number of amides is 1. The third kappa shape index (κ3) is 7.14. The van der Waals surface area contributed by atoms with Crippen molar-refractivity contribution in [2.45, 2.75) is 25.3 Å². The number of hydrazine groups is 1. The first-order valence-corrected chi connectivity index (χ1v) is 13.7. The quantitative estimate of drug-likeness (QED) is 0.234. The van der Waals surface area contributed by atoms with Crippen molar-refractivity contribution in [2.75, 3.05) is 11.9 Å². The molecule has 5 aromatic rings. The molecule has 200 valence electrons. The number of carbonyl (C=O) groups is 1. The van der Waals surface area contributed by atoms with Crippen LogP contribution in [-0.2, 0) is 21.4 Å². The Hall–Kier alpha value is -4.38. The molecular formula is C29H30N6O3S. The minimum absolute atomic E-state index is 0.00148. The van der Waals surface area contributed by atoms with Crippen LogP contribution in [0, 0.1) is 13.8 Å². The molecular weight excluding hydrogens is 512 g/mol. The summed E-state index contributed by atoms with van der Waals surface area (Å²) in [4.78, 5) is 20.6. The molecule has 2 aromatic heterocycles. The van der Waals surface area contributed by atoms with Crippen LogP contribution >= 0.6 is 0 Å². The van der Waals surface area contributed by atoms with E-state index in [9.17, 15) is 13.2 Å². The number of anilines is 1. The Balaban J connectivity index is 0.000000438. The number of para-hydroxylation sites is 2. The molecule has 0 unspecified atom stereocenters. The molecule has 0 spiro atoms. The van der Waals surface area contributed by atoms with Crippen LogP contribution in [0.25, 0.3) is 11.0 Å². The topological polar surface area (TPSA) is 123 Å². The molecule has 39 heavy (non-hydrogen) atoms. The lowest BCUT2D eigenvalue weighted by atomic mass is 10.2. The summed E-state index contributed by atoms with van der Waals surface area (Å²) in [5.74, 6) is 6.32. The zero-order valence-electron chi connectivity index (χ0n) is 21.7. The second-order valence-electron chi connectivity index (χ2n) is 8.85. The van der Waals surface area contributed by atoms with Crippen molar-refractivity contribution in [3.63, 3.8) is 0 Å². The number of fused-ring (bicyclic) bond motifs is 1. The fourth-order valence-corrected chi connectivity index (χ4v) is 4.90. The summed E-state index contributed by atoms with van der Waals surface area (Å²) in [7, 11) is -4.04. The first kappa shape index (κ1) is 27.6. The zero-order chi connectivity index (χ0) is 27.8. The fourth-order valence-electron chi connectivity index (χ4n) is 3.86. The van der Waals surface area contributed by atoms with Gasteiger partial charge in [-0.05, 0) is 55.8 Å². The van der Waals surface area contributed by atoms with Gasteiger partial charge in [-0.2, -0.15) is 0 Å². The molecule has 0 aliphatic carbocycles. The first-order valence-electron chi connectivity index (χ1n) is 12.2. The number of benzene rings is 3. The van der Waals surface area contributed by atoms with Gasteiger partial charge in [-0.3, -0.25) is 10.6 Å². The molecule has 0 fully saturated rings. The number of carbonyl (C=O) groups excluding carboxylic acids is 1. The summed E-state index contributed by atoms with van der Waals surface area (Å²) >= 11 is 0. The summed E-state index contributed by atoms with van der Waals surface area (Å²) in [6, 6.07) is 29.5. The molecule has 0 atom stereocenters. The van der Waals surface area contributed by atoms with E-state index in [-0.39, 0.29) is 4.90 Å². The molecule has 0 aliphatic heterocycles. The zero-order valence-corrected chi connectivity index (χ0v) is 22.5. The van der Waals surface area contributed by atoms with E-state index >= 15 is 0 Å². The Morgan fingerprint density at radius 1 is 0.897 bits per heavy atom. The van der Waals surface area contributed by atoms with Gasteiger partial charge >= 0.3 is 0 Å². The van der Waals surface area contributed by atoms with Crippen molar-refractivity contribution in [1.29, 1.82) is 0 Å². The number of sulfonamides is 1. The van der Waals surface area contributed by atoms with Gasteiger partial charge in [0.05, 0.1) is 15.9 Å². The Morgan fingerprint density at radius 2 is 1.56 bits per heavy atom. The van der Waals surface area contributed by atoms with E-state index in [1.165, 1.54) is 23.9 Å². The van der Waals surface area contributed by atoms with E-state index in [1.54, 1.807) is 30.3 Å². The highest BCUT2D eigenvalue weighted by molar-refractivity contribution is 7.89. The van der Waals surface area contributed by atoms with Gasteiger partial charge in [-0.25, -0.2) is 18.4 Å². The SMILES string of the molecule is Cc1ccccc1.Cc1nc2ccccc2n1Cc1ccc(S(=O)(=O)N(N)CC(=O)Nc2ccccn2)cc1. The van der Waals surface area contributed by atoms with E-state index in [1.807, 2.05) is 49.4 Å². The van der Waals surface area contributed by atoms with E-state index < -0.39 is 22.5 Å². The van der Waals surface area contributed by atoms with Crippen molar-refractivity contribution in [2.24, 2.45) is 5.84 Å². The van der Waals surface area contributed by atoms with Crippen LogP contribution in [0.3, 0.4) is 0 Å². The molecule has 1 amide bonds. The Bertz CT molecular complexity index is 1640. The maximum Gasteiger partial charge on any atom is 0.256 e. The summed E-state index contributed by atoms with van der Waals surface area (Å²) in [6.07, 6.45) is 1.52. The number of rotatable bonds is 7. The molecule has 10 heteroatoms. The van der Waals surface area contributed by atoms with Crippen LogP contribution < -0.4 is 11.2 Å². The lowest BCUT2D eigenvalue weighted by Gasteiger charge is -2.16. The van der Waals surface area contributed by atoms with Crippen LogP contribution in [0.15, 0.2) is 108 Å². The highest BCUT2D eigenvalue weighted by Crippen LogP contribution is 2.19. The van der Waals surface area contributed by atoms with E-state index in [4.69, 9.17) is 5.84 Å². The fraction of sp³-hybridized carbons (Fsp3) is 0.138. The summed E-state index contributed by atoms with van der Waals surface area (Å²) < 4.78 is 28.1. The Labute approximate surface area is 228 Å². The normalized spacial score (nSPS) is 11.2. The number of nitrogens with one attached hydrogen (secondary N) is 1.